The van der Waals surface area contributed by atoms with Gasteiger partial charge in [0.1, 0.15) is 11.5 Å². The lowest BCUT2D eigenvalue weighted by atomic mass is 10.3. The van der Waals surface area contributed by atoms with Crippen molar-refractivity contribution in [3.63, 3.8) is 0 Å². The van der Waals surface area contributed by atoms with Crippen molar-refractivity contribution in [2.45, 2.75) is 6.92 Å². The number of thioether (sulfide) groups is 1. The van der Waals surface area contributed by atoms with Gasteiger partial charge in [0.25, 0.3) is 5.56 Å². The Morgan fingerprint density at radius 1 is 1.21 bits per heavy atom. The normalized spacial score (nSPS) is 10.8. The third kappa shape index (κ3) is 5.02. The molecule has 0 saturated heterocycles. The van der Waals surface area contributed by atoms with E-state index in [9.17, 15) is 14.4 Å². The minimum atomic E-state index is -0.401. The molecule has 3 rings (SSSR count). The third-order valence-corrected chi connectivity index (χ3v) is 5.68. The summed E-state index contributed by atoms with van der Waals surface area (Å²) in [6, 6.07) is 4.75. The summed E-state index contributed by atoms with van der Waals surface area (Å²) in [4.78, 5) is 39.9. The fraction of sp³-hybridized carbons (Fsp3) is 0.188. The maximum Gasteiger partial charge on any atom is 0.295 e. The van der Waals surface area contributed by atoms with E-state index in [1.165, 1.54) is 21.9 Å². The molecular weight excluding hydrogens is 445 g/mol. The number of anilines is 2. The fourth-order valence-corrected chi connectivity index (χ4v) is 3.94. The molecule has 2 N–H and O–H groups in total. The van der Waals surface area contributed by atoms with Crippen LogP contribution in [0.4, 0.5) is 11.5 Å². The Kier molecular flexibility index (Phi) is 6.55. The molecule has 28 heavy (non-hydrogen) atoms. The number of amides is 2. The Morgan fingerprint density at radius 2 is 1.93 bits per heavy atom. The molecule has 0 aliphatic heterocycles. The van der Waals surface area contributed by atoms with Gasteiger partial charge < -0.3 is 10.6 Å². The lowest BCUT2D eigenvalue weighted by Crippen LogP contribution is -2.20. The highest BCUT2D eigenvalue weighted by Crippen LogP contribution is 2.25. The molecule has 0 aliphatic rings. The Morgan fingerprint density at radius 3 is 2.64 bits per heavy atom. The standard InChI is InChI=1S/C16H13Cl2N5O3S2/c1-8-15(26)21-16-23(22-8)12(5-28-16)20-14(25)7-27-6-13(24)19-11-3-2-9(17)4-10(11)18/h2-5H,6-7H2,1H3,(H,19,24)(H,20,25). The van der Waals surface area contributed by atoms with Gasteiger partial charge in [-0.15, -0.1) is 23.1 Å². The molecule has 0 fully saturated rings. The Hall–Kier alpha value is -2.14. The van der Waals surface area contributed by atoms with Gasteiger partial charge in [0.05, 0.1) is 22.2 Å². The summed E-state index contributed by atoms with van der Waals surface area (Å²) in [5.41, 5.74) is 0.286. The van der Waals surface area contributed by atoms with Crippen LogP contribution in [0, 0.1) is 6.92 Å². The highest BCUT2D eigenvalue weighted by molar-refractivity contribution is 8.00. The second kappa shape index (κ2) is 8.91. The number of rotatable bonds is 6. The van der Waals surface area contributed by atoms with Gasteiger partial charge >= 0.3 is 0 Å². The summed E-state index contributed by atoms with van der Waals surface area (Å²) < 4.78 is 1.40. The van der Waals surface area contributed by atoms with Gasteiger partial charge in [0.2, 0.25) is 16.8 Å². The topological polar surface area (TPSA) is 105 Å². The van der Waals surface area contributed by atoms with Gasteiger partial charge in [-0.25, -0.2) is 0 Å². The number of fused-ring (bicyclic) bond motifs is 1. The summed E-state index contributed by atoms with van der Waals surface area (Å²) in [5, 5.41) is 11.9. The van der Waals surface area contributed by atoms with Gasteiger partial charge in [-0.05, 0) is 25.1 Å². The number of aryl methyl sites for hydroxylation is 1. The molecule has 8 nitrogen and oxygen atoms in total. The molecule has 0 bridgehead atoms. The molecule has 2 aromatic heterocycles. The van der Waals surface area contributed by atoms with Crippen LogP contribution in [0.15, 0.2) is 28.4 Å². The molecule has 2 amide bonds. The van der Waals surface area contributed by atoms with Crippen LogP contribution in [0.2, 0.25) is 10.0 Å². The lowest BCUT2D eigenvalue weighted by Gasteiger charge is -2.08. The van der Waals surface area contributed by atoms with Crippen LogP contribution in [-0.4, -0.2) is 37.9 Å². The summed E-state index contributed by atoms with van der Waals surface area (Å²) in [5.74, 6) is -0.0470. The van der Waals surface area contributed by atoms with E-state index in [0.717, 1.165) is 11.8 Å². The molecule has 0 saturated carbocycles. The zero-order valence-electron chi connectivity index (χ0n) is 14.4. The molecule has 0 unspecified atom stereocenters. The number of carbonyl (C=O) groups is 2. The first-order valence-corrected chi connectivity index (χ1v) is 10.6. The molecule has 1 aromatic carbocycles. The monoisotopic (exact) mass is 457 g/mol. The Labute approximate surface area is 177 Å². The third-order valence-electron chi connectivity index (χ3n) is 3.38. The number of benzene rings is 1. The molecule has 0 spiro atoms. The van der Waals surface area contributed by atoms with Gasteiger partial charge in [-0.1, -0.05) is 23.2 Å². The first kappa shape index (κ1) is 20.6. The number of aromatic nitrogens is 3. The number of halogens is 2. The maximum absolute atomic E-state index is 12.1. The highest BCUT2D eigenvalue weighted by atomic mass is 35.5. The van der Waals surface area contributed by atoms with Crippen molar-refractivity contribution in [3.8, 4) is 0 Å². The zero-order chi connectivity index (χ0) is 20.3. The zero-order valence-corrected chi connectivity index (χ0v) is 17.5. The number of thiazole rings is 1. The molecular formula is C16H13Cl2N5O3S2. The van der Waals surface area contributed by atoms with Crippen LogP contribution in [0.25, 0.3) is 4.96 Å². The Balaban J connectivity index is 1.51. The van der Waals surface area contributed by atoms with Gasteiger partial charge in [-0.3, -0.25) is 14.4 Å². The molecule has 12 heteroatoms. The fourth-order valence-electron chi connectivity index (χ4n) is 2.12. The number of nitrogens with one attached hydrogen (secondary N) is 2. The maximum atomic E-state index is 12.1. The van der Waals surface area contributed by atoms with Crippen molar-refractivity contribution in [1.82, 2.24) is 14.6 Å². The quantitative estimate of drug-likeness (QED) is 0.588. The predicted molar refractivity (Wildman–Crippen MR) is 113 cm³/mol. The molecule has 2 heterocycles. The average Bonchev–Trinajstić information content (AvgIpc) is 2.99. The summed E-state index contributed by atoms with van der Waals surface area (Å²) >= 11 is 14.2. The van der Waals surface area contributed by atoms with E-state index in [0.29, 0.717) is 26.5 Å². The second-order valence-corrected chi connectivity index (χ2v) is 8.20. The Bertz CT molecular complexity index is 1120. The number of hydrogen-bond acceptors (Lipinski definition) is 7. The van der Waals surface area contributed by atoms with Crippen molar-refractivity contribution in [2.75, 3.05) is 22.1 Å². The van der Waals surface area contributed by atoms with Crippen molar-refractivity contribution in [2.24, 2.45) is 0 Å². The first-order valence-electron chi connectivity index (χ1n) is 7.81. The van der Waals surface area contributed by atoms with Crippen LogP contribution in [0.3, 0.4) is 0 Å². The van der Waals surface area contributed by atoms with E-state index < -0.39 is 5.56 Å². The SMILES string of the molecule is Cc1nn2c(NC(=O)CSCC(=O)Nc3ccc(Cl)cc3Cl)csc2nc1=O. The van der Waals surface area contributed by atoms with Gasteiger partial charge in [0, 0.05) is 10.4 Å². The molecule has 0 atom stereocenters. The molecule has 0 aliphatic carbocycles. The smallest absolute Gasteiger partial charge is 0.295 e. The van der Waals surface area contributed by atoms with E-state index in [2.05, 4.69) is 20.7 Å². The van der Waals surface area contributed by atoms with E-state index in [1.807, 2.05) is 0 Å². The van der Waals surface area contributed by atoms with E-state index >= 15 is 0 Å². The molecule has 146 valence electrons. The number of hydrogen-bond donors (Lipinski definition) is 2. The van der Waals surface area contributed by atoms with Crippen molar-refractivity contribution < 1.29 is 9.59 Å². The van der Waals surface area contributed by atoms with Crippen molar-refractivity contribution >= 4 is 74.6 Å². The van der Waals surface area contributed by atoms with Crippen LogP contribution in [0.5, 0.6) is 0 Å². The molecule has 3 aromatic rings. The highest BCUT2D eigenvalue weighted by Gasteiger charge is 2.12. The summed E-state index contributed by atoms with van der Waals surface area (Å²) in [6.07, 6.45) is 0. The second-order valence-electron chi connectivity index (χ2n) is 5.53. The van der Waals surface area contributed by atoms with Crippen LogP contribution < -0.4 is 16.2 Å². The van der Waals surface area contributed by atoms with Gasteiger partial charge in [0.15, 0.2) is 0 Å². The van der Waals surface area contributed by atoms with E-state index in [1.54, 1.807) is 24.4 Å². The van der Waals surface area contributed by atoms with Crippen LogP contribution in [0.1, 0.15) is 5.69 Å². The van der Waals surface area contributed by atoms with Crippen LogP contribution in [-0.2, 0) is 9.59 Å². The molecule has 0 radical (unpaired) electrons. The summed E-state index contributed by atoms with van der Waals surface area (Å²) in [7, 11) is 0. The van der Waals surface area contributed by atoms with Crippen molar-refractivity contribution in [1.29, 1.82) is 0 Å². The minimum absolute atomic E-state index is 0.0612. The van der Waals surface area contributed by atoms with E-state index in [-0.39, 0.29) is 29.0 Å². The van der Waals surface area contributed by atoms with E-state index in [4.69, 9.17) is 23.2 Å². The van der Waals surface area contributed by atoms with Crippen LogP contribution >= 0.6 is 46.3 Å². The van der Waals surface area contributed by atoms with Gasteiger partial charge in [-0.2, -0.15) is 14.6 Å². The lowest BCUT2D eigenvalue weighted by molar-refractivity contribution is -0.114. The number of nitrogens with zero attached hydrogens (tertiary/aromatic N) is 3. The first-order chi connectivity index (χ1) is 13.3. The predicted octanol–water partition coefficient (Wildman–Crippen LogP) is 3.08. The average molecular weight is 458 g/mol. The largest absolute Gasteiger partial charge is 0.324 e. The summed E-state index contributed by atoms with van der Waals surface area (Å²) in [6.45, 7) is 1.55. The van der Waals surface area contributed by atoms with Crippen molar-refractivity contribution in [3.05, 3.63) is 49.7 Å². The number of carbonyl (C=O) groups excluding carboxylic acids is 2. The minimum Gasteiger partial charge on any atom is -0.324 e.